The number of hydrogen-bond acceptors (Lipinski definition) is 2. The Kier molecular flexibility index (Phi) is 12.9. The Morgan fingerprint density at radius 2 is 1.52 bits per heavy atom. The van der Waals surface area contributed by atoms with Gasteiger partial charge in [0.2, 0.25) is 0 Å². The average Bonchev–Trinajstić information content (AvgIpc) is 2.52. The van der Waals surface area contributed by atoms with Gasteiger partial charge in [0.25, 0.3) is 0 Å². The van der Waals surface area contributed by atoms with Crippen LogP contribution in [0, 0.1) is 5.41 Å². The van der Waals surface area contributed by atoms with Crippen molar-refractivity contribution < 1.29 is 0 Å². The summed E-state index contributed by atoms with van der Waals surface area (Å²) in [5.41, 5.74) is 13.3. The molecule has 0 aromatic rings. The van der Waals surface area contributed by atoms with Gasteiger partial charge in [-0.3, -0.25) is 0 Å². The molecular formula is C19H40N2. The molecule has 21 heavy (non-hydrogen) atoms. The molecule has 4 N–H and O–H groups in total. The van der Waals surface area contributed by atoms with E-state index in [1.54, 1.807) is 0 Å². The van der Waals surface area contributed by atoms with E-state index in [1.807, 2.05) is 0 Å². The third-order valence-corrected chi connectivity index (χ3v) is 4.97. The maximum absolute atomic E-state index is 6.06. The Morgan fingerprint density at radius 1 is 0.905 bits per heavy atom. The number of unbranched alkanes of at least 4 members (excludes halogenated alkanes) is 6. The summed E-state index contributed by atoms with van der Waals surface area (Å²) in [5.74, 6) is 0. The van der Waals surface area contributed by atoms with Gasteiger partial charge in [-0.25, -0.2) is 0 Å². The van der Waals surface area contributed by atoms with E-state index in [2.05, 4.69) is 26.8 Å². The lowest BCUT2D eigenvalue weighted by molar-refractivity contribution is 0.223. The van der Waals surface area contributed by atoms with Crippen LogP contribution in [0.1, 0.15) is 97.8 Å². The monoisotopic (exact) mass is 296 g/mol. The minimum atomic E-state index is 0.425. The minimum absolute atomic E-state index is 0.425. The maximum Gasteiger partial charge on any atom is 0.00371 e. The quantitative estimate of drug-likeness (QED) is 0.415. The summed E-state index contributed by atoms with van der Waals surface area (Å²) in [4.78, 5) is 0. The van der Waals surface area contributed by atoms with Crippen molar-refractivity contribution >= 4 is 0 Å². The first-order chi connectivity index (χ1) is 10.1. The topological polar surface area (TPSA) is 52.0 Å². The summed E-state index contributed by atoms with van der Waals surface area (Å²) in [6.45, 7) is 7.57. The van der Waals surface area contributed by atoms with Crippen LogP contribution in [0.5, 0.6) is 0 Å². The van der Waals surface area contributed by atoms with Crippen LogP contribution in [-0.4, -0.2) is 6.54 Å². The van der Waals surface area contributed by atoms with Gasteiger partial charge in [-0.1, -0.05) is 65.4 Å². The highest BCUT2D eigenvalue weighted by molar-refractivity contribution is 4.94. The summed E-state index contributed by atoms with van der Waals surface area (Å²) < 4.78 is 0. The first-order valence-corrected chi connectivity index (χ1v) is 9.28. The maximum atomic E-state index is 6.06. The van der Waals surface area contributed by atoms with Crippen LogP contribution < -0.4 is 11.5 Å². The smallest absolute Gasteiger partial charge is 0.00371 e. The molecule has 0 heterocycles. The number of rotatable bonds is 14. The third-order valence-electron chi connectivity index (χ3n) is 4.97. The molecule has 0 saturated heterocycles. The highest BCUT2D eigenvalue weighted by Crippen LogP contribution is 2.33. The molecule has 126 valence electrons. The molecule has 1 unspecified atom stereocenters. The van der Waals surface area contributed by atoms with E-state index in [9.17, 15) is 0 Å². The summed E-state index contributed by atoms with van der Waals surface area (Å²) in [5, 5.41) is 0. The Hall–Kier alpha value is -0.500. The lowest BCUT2D eigenvalue weighted by atomic mass is 9.76. The van der Waals surface area contributed by atoms with E-state index >= 15 is 0 Å². The average molecular weight is 297 g/mol. The van der Waals surface area contributed by atoms with Gasteiger partial charge in [-0.2, -0.15) is 0 Å². The summed E-state index contributed by atoms with van der Waals surface area (Å²) >= 11 is 0. The van der Waals surface area contributed by atoms with Crippen molar-refractivity contribution in [1.29, 1.82) is 0 Å². The predicted molar refractivity (Wildman–Crippen MR) is 96.2 cm³/mol. The Balaban J connectivity index is 3.71. The Bertz CT molecular complexity index is 254. The molecule has 0 radical (unpaired) electrons. The van der Waals surface area contributed by atoms with Crippen molar-refractivity contribution in [1.82, 2.24) is 0 Å². The number of hydrogen-bond donors (Lipinski definition) is 2. The molecule has 2 nitrogen and oxygen atoms in total. The van der Waals surface area contributed by atoms with Gasteiger partial charge in [0.05, 0.1) is 0 Å². The molecule has 0 aliphatic rings. The molecule has 0 saturated carbocycles. The van der Waals surface area contributed by atoms with Crippen molar-refractivity contribution in [2.24, 2.45) is 16.9 Å². The lowest BCUT2D eigenvalue weighted by Gasteiger charge is -2.31. The van der Waals surface area contributed by atoms with E-state index in [0.29, 0.717) is 5.41 Å². The van der Waals surface area contributed by atoms with Crippen molar-refractivity contribution in [3.05, 3.63) is 11.8 Å². The fraction of sp³-hybridized carbons (Fsp3) is 0.895. The second-order valence-electron chi connectivity index (χ2n) is 6.60. The predicted octanol–water partition coefficient (Wildman–Crippen LogP) is 5.52. The minimum Gasteiger partial charge on any atom is -0.402 e. The molecule has 0 aromatic carbocycles. The zero-order valence-corrected chi connectivity index (χ0v) is 14.9. The molecule has 0 bridgehead atoms. The van der Waals surface area contributed by atoms with Crippen LogP contribution in [0.25, 0.3) is 0 Å². The first kappa shape index (κ1) is 20.5. The van der Waals surface area contributed by atoms with Crippen molar-refractivity contribution in [2.75, 3.05) is 6.54 Å². The molecule has 0 rings (SSSR count). The molecule has 0 amide bonds. The molecular weight excluding hydrogens is 256 g/mol. The van der Waals surface area contributed by atoms with Gasteiger partial charge in [0.15, 0.2) is 0 Å². The van der Waals surface area contributed by atoms with Crippen LogP contribution in [0.15, 0.2) is 11.8 Å². The summed E-state index contributed by atoms with van der Waals surface area (Å²) in [6.07, 6.45) is 17.5. The fourth-order valence-electron chi connectivity index (χ4n) is 2.99. The van der Waals surface area contributed by atoms with E-state index in [0.717, 1.165) is 25.1 Å². The first-order valence-electron chi connectivity index (χ1n) is 9.28. The SMILES string of the molecule is CCCCC(CC)(CN)CCCCCCC/C=C(\N)CC. The van der Waals surface area contributed by atoms with Crippen molar-refractivity contribution in [3.8, 4) is 0 Å². The van der Waals surface area contributed by atoms with Gasteiger partial charge in [-0.05, 0) is 50.5 Å². The second kappa shape index (κ2) is 13.2. The van der Waals surface area contributed by atoms with Crippen LogP contribution in [-0.2, 0) is 0 Å². The van der Waals surface area contributed by atoms with Crippen LogP contribution in [0.3, 0.4) is 0 Å². The van der Waals surface area contributed by atoms with Gasteiger partial charge >= 0.3 is 0 Å². The van der Waals surface area contributed by atoms with Crippen molar-refractivity contribution in [3.63, 3.8) is 0 Å². The second-order valence-corrected chi connectivity index (χ2v) is 6.60. The molecule has 0 fully saturated rings. The molecule has 0 aliphatic heterocycles. The van der Waals surface area contributed by atoms with Gasteiger partial charge < -0.3 is 11.5 Å². The normalized spacial score (nSPS) is 15.1. The van der Waals surface area contributed by atoms with E-state index in [1.165, 1.54) is 64.2 Å². The zero-order valence-electron chi connectivity index (χ0n) is 14.9. The van der Waals surface area contributed by atoms with E-state index in [4.69, 9.17) is 11.5 Å². The zero-order chi connectivity index (χ0) is 16.0. The van der Waals surface area contributed by atoms with Crippen LogP contribution >= 0.6 is 0 Å². The highest BCUT2D eigenvalue weighted by Gasteiger charge is 2.24. The molecule has 0 aliphatic carbocycles. The molecule has 0 aromatic heterocycles. The standard InChI is InChI=1S/C19H40N2/c1-4-7-15-19(6-3,17-20)16-13-11-9-8-10-12-14-18(21)5-2/h14H,4-13,15-17,20-21H2,1-3H3/b18-14-. The lowest BCUT2D eigenvalue weighted by Crippen LogP contribution is -2.29. The summed E-state index contributed by atoms with van der Waals surface area (Å²) in [6, 6.07) is 0. The highest BCUT2D eigenvalue weighted by atomic mass is 14.6. The summed E-state index contributed by atoms with van der Waals surface area (Å²) in [7, 11) is 0. The Morgan fingerprint density at radius 3 is 2.10 bits per heavy atom. The number of nitrogens with two attached hydrogens (primary N) is 2. The van der Waals surface area contributed by atoms with Crippen LogP contribution in [0.4, 0.5) is 0 Å². The Labute approximate surface area is 133 Å². The van der Waals surface area contributed by atoms with E-state index < -0.39 is 0 Å². The third kappa shape index (κ3) is 9.95. The fourth-order valence-corrected chi connectivity index (χ4v) is 2.99. The van der Waals surface area contributed by atoms with E-state index in [-0.39, 0.29) is 0 Å². The van der Waals surface area contributed by atoms with Crippen LogP contribution in [0.2, 0.25) is 0 Å². The van der Waals surface area contributed by atoms with Gasteiger partial charge in [-0.15, -0.1) is 0 Å². The van der Waals surface area contributed by atoms with Gasteiger partial charge in [0.1, 0.15) is 0 Å². The molecule has 1 atom stereocenters. The largest absolute Gasteiger partial charge is 0.402 e. The molecule has 0 spiro atoms. The molecule has 2 heteroatoms. The number of allylic oxidation sites excluding steroid dienone is 2. The van der Waals surface area contributed by atoms with Gasteiger partial charge in [0, 0.05) is 5.70 Å². The van der Waals surface area contributed by atoms with Crippen molar-refractivity contribution in [2.45, 2.75) is 97.8 Å².